The Hall–Kier alpha value is -2.11. The highest BCUT2D eigenvalue weighted by atomic mass is 16.2. The molecule has 1 aromatic rings. The third-order valence-corrected chi connectivity index (χ3v) is 6.39. The maximum Gasteiger partial charge on any atom is 0.255 e. The Morgan fingerprint density at radius 1 is 1.11 bits per heavy atom. The van der Waals surface area contributed by atoms with Crippen LogP contribution in [0.5, 0.6) is 0 Å². The molecular formula is C21H30N4O2. The molecule has 0 N–H and O–H groups in total. The van der Waals surface area contributed by atoms with Gasteiger partial charge < -0.3 is 14.7 Å². The van der Waals surface area contributed by atoms with Crippen molar-refractivity contribution in [3.8, 4) is 0 Å². The van der Waals surface area contributed by atoms with Gasteiger partial charge in [0.2, 0.25) is 5.91 Å². The molecule has 3 aliphatic heterocycles. The average Bonchev–Trinajstić information content (AvgIpc) is 3.30. The molecule has 0 bridgehead atoms. The van der Waals surface area contributed by atoms with Crippen molar-refractivity contribution in [2.45, 2.75) is 51.5 Å². The lowest BCUT2D eigenvalue weighted by Crippen LogP contribution is -2.42. The highest BCUT2D eigenvalue weighted by Gasteiger charge is 2.28. The van der Waals surface area contributed by atoms with Gasteiger partial charge in [-0.3, -0.25) is 9.59 Å². The molecule has 3 fully saturated rings. The zero-order chi connectivity index (χ0) is 18.8. The molecule has 6 heteroatoms. The largest absolute Gasteiger partial charge is 0.354 e. The van der Waals surface area contributed by atoms with E-state index in [2.05, 4.69) is 16.8 Å². The van der Waals surface area contributed by atoms with Crippen molar-refractivity contribution in [1.29, 1.82) is 0 Å². The molecule has 0 aliphatic carbocycles. The summed E-state index contributed by atoms with van der Waals surface area (Å²) in [5, 5.41) is 0. The molecular weight excluding hydrogens is 340 g/mol. The van der Waals surface area contributed by atoms with Gasteiger partial charge in [0.15, 0.2) is 0 Å². The zero-order valence-corrected chi connectivity index (χ0v) is 16.3. The van der Waals surface area contributed by atoms with Crippen molar-refractivity contribution in [2.75, 3.05) is 37.6 Å². The Labute approximate surface area is 161 Å². The quantitative estimate of drug-likeness (QED) is 0.817. The van der Waals surface area contributed by atoms with Gasteiger partial charge in [-0.05, 0) is 57.1 Å². The second kappa shape index (κ2) is 7.87. The summed E-state index contributed by atoms with van der Waals surface area (Å²) in [6.45, 7) is 6.60. The first-order chi connectivity index (χ1) is 13.1. The number of anilines is 1. The lowest BCUT2D eigenvalue weighted by Gasteiger charge is -2.34. The fourth-order valence-corrected chi connectivity index (χ4v) is 4.67. The number of piperidine rings is 1. The number of aromatic nitrogens is 1. The summed E-state index contributed by atoms with van der Waals surface area (Å²) in [7, 11) is 0. The van der Waals surface area contributed by atoms with Crippen LogP contribution < -0.4 is 4.90 Å². The molecule has 3 aliphatic rings. The molecule has 1 aromatic heterocycles. The van der Waals surface area contributed by atoms with E-state index < -0.39 is 0 Å². The number of hydrogen-bond donors (Lipinski definition) is 0. The van der Waals surface area contributed by atoms with Gasteiger partial charge in [0.1, 0.15) is 5.82 Å². The van der Waals surface area contributed by atoms with Crippen LogP contribution in [-0.2, 0) is 4.79 Å². The standard InChI is InChI=1S/C21H30N4O2/c1-16-4-2-11-25(16)19-7-6-18(14-22-19)21(27)23-12-8-17(9-13-23)15-24-10-3-5-20(24)26/h6-7,14,16-17H,2-5,8-13,15H2,1H3/t16-/m0/s1. The average molecular weight is 370 g/mol. The van der Waals surface area contributed by atoms with Crippen LogP contribution in [-0.4, -0.2) is 65.4 Å². The molecule has 1 atom stereocenters. The summed E-state index contributed by atoms with van der Waals surface area (Å²) in [6, 6.07) is 4.44. The zero-order valence-electron chi connectivity index (χ0n) is 16.3. The summed E-state index contributed by atoms with van der Waals surface area (Å²) >= 11 is 0. The number of pyridine rings is 1. The number of amides is 2. The number of nitrogens with zero attached hydrogens (tertiary/aromatic N) is 4. The lowest BCUT2D eigenvalue weighted by molar-refractivity contribution is -0.128. The smallest absolute Gasteiger partial charge is 0.255 e. The number of rotatable bonds is 4. The van der Waals surface area contributed by atoms with Gasteiger partial charge in [0.05, 0.1) is 5.56 Å². The van der Waals surface area contributed by atoms with E-state index in [4.69, 9.17) is 0 Å². The van der Waals surface area contributed by atoms with E-state index >= 15 is 0 Å². The van der Waals surface area contributed by atoms with Gasteiger partial charge in [-0.2, -0.15) is 0 Å². The molecule has 27 heavy (non-hydrogen) atoms. The normalized spacial score (nSPS) is 24.1. The first-order valence-corrected chi connectivity index (χ1v) is 10.4. The van der Waals surface area contributed by atoms with E-state index in [-0.39, 0.29) is 5.91 Å². The van der Waals surface area contributed by atoms with Crippen LogP contribution in [0.4, 0.5) is 5.82 Å². The van der Waals surface area contributed by atoms with Gasteiger partial charge >= 0.3 is 0 Å². The molecule has 0 spiro atoms. The van der Waals surface area contributed by atoms with Crippen molar-refractivity contribution in [3.63, 3.8) is 0 Å². The minimum Gasteiger partial charge on any atom is -0.354 e. The Morgan fingerprint density at radius 2 is 1.93 bits per heavy atom. The van der Waals surface area contributed by atoms with Gasteiger partial charge in [0, 0.05) is 51.4 Å². The Balaban J connectivity index is 1.30. The molecule has 6 nitrogen and oxygen atoms in total. The molecule has 4 heterocycles. The van der Waals surface area contributed by atoms with Gasteiger partial charge in [-0.15, -0.1) is 0 Å². The van der Waals surface area contributed by atoms with Crippen LogP contribution in [0.25, 0.3) is 0 Å². The predicted molar refractivity (Wildman–Crippen MR) is 105 cm³/mol. The summed E-state index contributed by atoms with van der Waals surface area (Å²) in [4.78, 5) is 35.4. The van der Waals surface area contributed by atoms with Crippen molar-refractivity contribution >= 4 is 17.6 Å². The maximum absolute atomic E-state index is 12.8. The third-order valence-electron chi connectivity index (χ3n) is 6.39. The highest BCUT2D eigenvalue weighted by molar-refractivity contribution is 5.94. The lowest BCUT2D eigenvalue weighted by atomic mass is 9.96. The van der Waals surface area contributed by atoms with Gasteiger partial charge in [-0.25, -0.2) is 4.98 Å². The maximum atomic E-state index is 12.8. The monoisotopic (exact) mass is 370 g/mol. The fraction of sp³-hybridized carbons (Fsp3) is 0.667. The minimum absolute atomic E-state index is 0.0826. The molecule has 3 saturated heterocycles. The van der Waals surface area contributed by atoms with Gasteiger partial charge in [0.25, 0.3) is 5.91 Å². The molecule has 0 radical (unpaired) electrons. The molecule has 0 aromatic carbocycles. The first kappa shape index (κ1) is 18.3. The van der Waals surface area contributed by atoms with Crippen LogP contribution in [0.15, 0.2) is 18.3 Å². The van der Waals surface area contributed by atoms with Crippen molar-refractivity contribution in [2.24, 2.45) is 5.92 Å². The van der Waals surface area contributed by atoms with E-state index in [9.17, 15) is 9.59 Å². The summed E-state index contributed by atoms with van der Waals surface area (Å²) in [5.41, 5.74) is 0.679. The fourth-order valence-electron chi connectivity index (χ4n) is 4.67. The van der Waals surface area contributed by atoms with Crippen LogP contribution in [0.2, 0.25) is 0 Å². The van der Waals surface area contributed by atoms with E-state index in [0.29, 0.717) is 29.9 Å². The molecule has 0 saturated carbocycles. The molecule has 4 rings (SSSR count). The molecule has 0 unspecified atom stereocenters. The Morgan fingerprint density at radius 3 is 2.52 bits per heavy atom. The van der Waals surface area contributed by atoms with Crippen molar-refractivity contribution < 1.29 is 9.59 Å². The number of carbonyl (C=O) groups excluding carboxylic acids is 2. The summed E-state index contributed by atoms with van der Waals surface area (Å²) in [5.74, 6) is 1.88. The Bertz CT molecular complexity index is 682. The Kier molecular flexibility index (Phi) is 5.32. The summed E-state index contributed by atoms with van der Waals surface area (Å²) in [6.07, 6.45) is 7.81. The minimum atomic E-state index is 0.0826. The number of hydrogen-bond acceptors (Lipinski definition) is 4. The van der Waals surface area contributed by atoms with Crippen molar-refractivity contribution in [1.82, 2.24) is 14.8 Å². The second-order valence-corrected chi connectivity index (χ2v) is 8.27. The van der Waals surface area contributed by atoms with Crippen molar-refractivity contribution in [3.05, 3.63) is 23.9 Å². The summed E-state index contributed by atoms with van der Waals surface area (Å²) < 4.78 is 0. The van der Waals surface area contributed by atoms with Crippen LogP contribution in [0.1, 0.15) is 55.8 Å². The topological polar surface area (TPSA) is 56.8 Å². The van der Waals surface area contributed by atoms with Gasteiger partial charge in [-0.1, -0.05) is 0 Å². The van der Waals surface area contributed by atoms with Crippen LogP contribution >= 0.6 is 0 Å². The number of carbonyl (C=O) groups is 2. The van der Waals surface area contributed by atoms with E-state index in [0.717, 1.165) is 57.8 Å². The second-order valence-electron chi connectivity index (χ2n) is 8.27. The van der Waals surface area contributed by atoms with E-state index in [1.165, 1.54) is 12.8 Å². The third kappa shape index (κ3) is 3.94. The van der Waals surface area contributed by atoms with E-state index in [1.54, 1.807) is 6.20 Å². The van der Waals surface area contributed by atoms with Crippen LogP contribution in [0, 0.1) is 5.92 Å². The van der Waals surface area contributed by atoms with Crippen LogP contribution in [0.3, 0.4) is 0 Å². The SMILES string of the molecule is C[C@H]1CCCN1c1ccc(C(=O)N2CCC(CN3CCCC3=O)CC2)cn1. The number of likely N-dealkylation sites (tertiary alicyclic amines) is 2. The molecule has 2 amide bonds. The first-order valence-electron chi connectivity index (χ1n) is 10.4. The molecule has 146 valence electrons. The predicted octanol–water partition coefficient (Wildman–Crippen LogP) is 2.54. The van der Waals surface area contributed by atoms with E-state index in [1.807, 2.05) is 21.9 Å². The highest BCUT2D eigenvalue weighted by Crippen LogP contribution is 2.25.